The molecule has 3 rings (SSSR count). The number of hydrogen-bond donors (Lipinski definition) is 2. The van der Waals surface area contributed by atoms with Crippen LogP contribution in [-0.4, -0.2) is 32.8 Å². The zero-order chi connectivity index (χ0) is 15.4. The van der Waals surface area contributed by atoms with E-state index in [1.807, 2.05) is 27.8 Å². The molecule has 0 spiro atoms. The fourth-order valence-corrected chi connectivity index (χ4v) is 3.03. The van der Waals surface area contributed by atoms with Crippen molar-refractivity contribution in [2.45, 2.75) is 58.5 Å². The van der Waals surface area contributed by atoms with E-state index >= 15 is 0 Å². The SMILES string of the molecule is CC.CNC1CCC(n2nc(C)c3c(N)ncnc32)CC1. The number of rotatable bonds is 2. The number of aromatic nitrogens is 4. The van der Waals surface area contributed by atoms with Crippen molar-refractivity contribution in [1.29, 1.82) is 0 Å². The summed E-state index contributed by atoms with van der Waals surface area (Å²) in [5.74, 6) is 0.526. The maximum absolute atomic E-state index is 5.93. The standard InChI is InChI=1S/C13H20N6.C2H6/c1-8-11-12(14)16-7-17-13(11)19(18-8)10-5-3-9(15-2)4-6-10;1-2/h7,9-10,15H,3-6H2,1-2H3,(H2,14,16,17);1-2H3. The molecule has 0 saturated heterocycles. The number of aryl methyl sites for hydroxylation is 1. The van der Waals surface area contributed by atoms with Crippen LogP contribution >= 0.6 is 0 Å². The first-order valence-electron chi connectivity index (χ1n) is 7.83. The first-order valence-corrected chi connectivity index (χ1v) is 7.83. The van der Waals surface area contributed by atoms with Crippen molar-refractivity contribution in [2.75, 3.05) is 12.8 Å². The quantitative estimate of drug-likeness (QED) is 0.888. The second-order valence-corrected chi connectivity index (χ2v) is 5.28. The molecule has 3 N–H and O–H groups in total. The van der Waals surface area contributed by atoms with Gasteiger partial charge in [0.25, 0.3) is 0 Å². The Kier molecular flexibility index (Phi) is 5.12. The van der Waals surface area contributed by atoms with Crippen molar-refractivity contribution in [3.63, 3.8) is 0 Å². The second kappa shape index (κ2) is 6.85. The molecular formula is C15H26N6. The van der Waals surface area contributed by atoms with E-state index in [1.165, 1.54) is 19.2 Å². The van der Waals surface area contributed by atoms with E-state index in [1.54, 1.807) is 0 Å². The molecule has 6 heteroatoms. The molecule has 0 radical (unpaired) electrons. The Morgan fingerprint density at radius 2 is 1.86 bits per heavy atom. The zero-order valence-electron chi connectivity index (χ0n) is 13.4. The minimum Gasteiger partial charge on any atom is -0.383 e. The van der Waals surface area contributed by atoms with E-state index in [0.717, 1.165) is 29.6 Å². The predicted molar refractivity (Wildman–Crippen MR) is 86.2 cm³/mol. The molecule has 0 atom stereocenters. The Hall–Kier alpha value is -1.69. The van der Waals surface area contributed by atoms with E-state index in [9.17, 15) is 0 Å². The summed E-state index contributed by atoms with van der Waals surface area (Å²) in [4.78, 5) is 8.43. The molecule has 2 aromatic rings. The number of nitrogen functional groups attached to an aromatic ring is 1. The molecule has 0 bridgehead atoms. The van der Waals surface area contributed by atoms with Gasteiger partial charge in [0.15, 0.2) is 5.65 Å². The van der Waals surface area contributed by atoms with Gasteiger partial charge < -0.3 is 11.1 Å². The van der Waals surface area contributed by atoms with Crippen LogP contribution in [0.5, 0.6) is 0 Å². The number of fused-ring (bicyclic) bond motifs is 1. The van der Waals surface area contributed by atoms with Crippen molar-refractivity contribution < 1.29 is 0 Å². The lowest BCUT2D eigenvalue weighted by Gasteiger charge is -2.28. The fraction of sp³-hybridized carbons (Fsp3) is 0.667. The molecule has 2 aromatic heterocycles. The number of nitrogens with one attached hydrogen (secondary N) is 1. The van der Waals surface area contributed by atoms with Gasteiger partial charge >= 0.3 is 0 Å². The molecule has 21 heavy (non-hydrogen) atoms. The van der Waals surface area contributed by atoms with Gasteiger partial charge in [-0.2, -0.15) is 5.10 Å². The number of hydrogen-bond acceptors (Lipinski definition) is 5. The van der Waals surface area contributed by atoms with Gasteiger partial charge in [0.05, 0.1) is 17.1 Å². The average Bonchev–Trinajstić information content (AvgIpc) is 2.88. The second-order valence-electron chi connectivity index (χ2n) is 5.28. The molecule has 0 aliphatic heterocycles. The third-order valence-corrected chi connectivity index (χ3v) is 4.14. The summed E-state index contributed by atoms with van der Waals surface area (Å²) < 4.78 is 2.05. The van der Waals surface area contributed by atoms with Crippen LogP contribution in [0.15, 0.2) is 6.33 Å². The van der Waals surface area contributed by atoms with E-state index in [-0.39, 0.29) is 0 Å². The van der Waals surface area contributed by atoms with Crippen LogP contribution in [0.25, 0.3) is 11.0 Å². The zero-order valence-corrected chi connectivity index (χ0v) is 13.4. The summed E-state index contributed by atoms with van der Waals surface area (Å²) in [6, 6.07) is 1.06. The van der Waals surface area contributed by atoms with Crippen molar-refractivity contribution in [2.24, 2.45) is 0 Å². The monoisotopic (exact) mass is 290 g/mol. The molecule has 1 fully saturated rings. The lowest BCUT2D eigenvalue weighted by molar-refractivity contribution is 0.288. The molecule has 1 aliphatic rings. The highest BCUT2D eigenvalue weighted by Gasteiger charge is 2.24. The first kappa shape index (κ1) is 15.7. The number of nitrogens with zero attached hydrogens (tertiary/aromatic N) is 4. The third-order valence-electron chi connectivity index (χ3n) is 4.14. The van der Waals surface area contributed by atoms with Gasteiger partial charge in [0, 0.05) is 6.04 Å². The lowest BCUT2D eigenvalue weighted by Crippen LogP contribution is -2.31. The van der Waals surface area contributed by atoms with Crippen molar-refractivity contribution in [3.8, 4) is 0 Å². The Morgan fingerprint density at radius 1 is 1.19 bits per heavy atom. The minimum absolute atomic E-state index is 0.426. The maximum Gasteiger partial charge on any atom is 0.163 e. The van der Waals surface area contributed by atoms with Crippen LogP contribution in [0.1, 0.15) is 51.3 Å². The molecule has 1 saturated carbocycles. The van der Waals surface area contributed by atoms with Crippen molar-refractivity contribution in [3.05, 3.63) is 12.0 Å². The topological polar surface area (TPSA) is 81.7 Å². The fourth-order valence-electron chi connectivity index (χ4n) is 3.03. The summed E-state index contributed by atoms with van der Waals surface area (Å²) in [5.41, 5.74) is 7.72. The largest absolute Gasteiger partial charge is 0.383 e. The van der Waals surface area contributed by atoms with E-state index in [2.05, 4.69) is 25.1 Å². The highest BCUT2D eigenvalue weighted by molar-refractivity contribution is 5.87. The Labute approximate surface area is 126 Å². The molecule has 116 valence electrons. The summed E-state index contributed by atoms with van der Waals surface area (Å²) in [7, 11) is 2.03. The summed E-state index contributed by atoms with van der Waals surface area (Å²) in [6.45, 7) is 5.97. The molecule has 6 nitrogen and oxygen atoms in total. The summed E-state index contributed by atoms with van der Waals surface area (Å²) in [5, 5.41) is 8.89. The molecule has 0 unspecified atom stereocenters. The molecule has 0 amide bonds. The molecular weight excluding hydrogens is 264 g/mol. The number of nitrogens with two attached hydrogens (primary N) is 1. The molecule has 1 aliphatic carbocycles. The predicted octanol–water partition coefficient (Wildman–Crippen LogP) is 2.45. The maximum atomic E-state index is 5.93. The smallest absolute Gasteiger partial charge is 0.163 e. The van der Waals surface area contributed by atoms with Gasteiger partial charge in [-0.15, -0.1) is 0 Å². The molecule has 0 aromatic carbocycles. The Bertz CT molecular complexity index is 583. The van der Waals surface area contributed by atoms with Gasteiger partial charge in [-0.25, -0.2) is 14.6 Å². The highest BCUT2D eigenvalue weighted by atomic mass is 15.3. The van der Waals surface area contributed by atoms with Gasteiger partial charge in [-0.05, 0) is 39.7 Å². The van der Waals surface area contributed by atoms with E-state index in [0.29, 0.717) is 17.9 Å². The van der Waals surface area contributed by atoms with Gasteiger partial charge in [-0.3, -0.25) is 0 Å². The van der Waals surface area contributed by atoms with Gasteiger partial charge in [0.1, 0.15) is 12.1 Å². The van der Waals surface area contributed by atoms with Crippen LogP contribution in [0.4, 0.5) is 5.82 Å². The van der Waals surface area contributed by atoms with Crippen LogP contribution < -0.4 is 11.1 Å². The Balaban J connectivity index is 0.000000774. The third kappa shape index (κ3) is 3.00. The first-order chi connectivity index (χ1) is 10.2. The van der Waals surface area contributed by atoms with Gasteiger partial charge in [-0.1, -0.05) is 13.8 Å². The minimum atomic E-state index is 0.426. The lowest BCUT2D eigenvalue weighted by atomic mass is 9.91. The van der Waals surface area contributed by atoms with E-state index < -0.39 is 0 Å². The van der Waals surface area contributed by atoms with Crippen LogP contribution in [-0.2, 0) is 0 Å². The van der Waals surface area contributed by atoms with Crippen molar-refractivity contribution in [1.82, 2.24) is 25.1 Å². The van der Waals surface area contributed by atoms with Crippen LogP contribution in [0, 0.1) is 6.92 Å². The van der Waals surface area contributed by atoms with Crippen molar-refractivity contribution >= 4 is 16.9 Å². The summed E-state index contributed by atoms with van der Waals surface area (Å²) in [6.07, 6.45) is 6.15. The van der Waals surface area contributed by atoms with Crippen LogP contribution in [0.3, 0.4) is 0 Å². The van der Waals surface area contributed by atoms with E-state index in [4.69, 9.17) is 5.73 Å². The number of anilines is 1. The molecule has 2 heterocycles. The average molecular weight is 290 g/mol. The van der Waals surface area contributed by atoms with Crippen LogP contribution in [0.2, 0.25) is 0 Å². The Morgan fingerprint density at radius 3 is 2.48 bits per heavy atom. The van der Waals surface area contributed by atoms with Gasteiger partial charge in [0.2, 0.25) is 0 Å². The normalized spacial score (nSPS) is 21.9. The summed E-state index contributed by atoms with van der Waals surface area (Å²) >= 11 is 0. The highest BCUT2D eigenvalue weighted by Crippen LogP contribution is 2.31.